The van der Waals surface area contributed by atoms with E-state index in [1.54, 1.807) is 6.92 Å². The lowest BCUT2D eigenvalue weighted by atomic mass is 9.47. The number of carbonyl (C=O) groups is 3. The minimum absolute atomic E-state index is 0.0160. The fourth-order valence-corrected chi connectivity index (χ4v) is 9.34. The molecule has 0 aromatic carbocycles. The average Bonchev–Trinajstić information content (AvgIpc) is 3.15. The number of hydrogen-bond acceptors (Lipinski definition) is 5. The summed E-state index contributed by atoms with van der Waals surface area (Å²) in [5.41, 5.74) is 1.15. The first kappa shape index (κ1) is 25.9. The van der Waals surface area contributed by atoms with Gasteiger partial charge in [-0.15, -0.1) is 0 Å². The van der Waals surface area contributed by atoms with Crippen LogP contribution in [0.25, 0.3) is 0 Å². The molecule has 3 heterocycles. The molecular weight excluding hydrogens is 450 g/mol. The molecule has 36 heavy (non-hydrogen) atoms. The maximum atomic E-state index is 12.8. The molecule has 0 N–H and O–H groups in total. The number of Topliss-reactive ketones (excluding diaryl/α,β-unsaturated/α-hetero) is 1. The Morgan fingerprint density at radius 2 is 1.58 bits per heavy atom. The van der Waals surface area contributed by atoms with Crippen LogP contribution < -0.4 is 0 Å². The van der Waals surface area contributed by atoms with E-state index in [1.807, 2.05) is 6.08 Å². The highest BCUT2D eigenvalue weighted by molar-refractivity contribution is 5.92. The topological polar surface area (TPSA) is 63.7 Å². The number of ketones is 2. The van der Waals surface area contributed by atoms with Crippen molar-refractivity contribution in [3.8, 4) is 0 Å². The molecule has 0 aromatic rings. The van der Waals surface area contributed by atoms with Gasteiger partial charge in [-0.3, -0.25) is 14.4 Å². The smallest absolute Gasteiger partial charge is 0.303 e. The minimum atomic E-state index is -0.990. The zero-order chi connectivity index (χ0) is 25.9. The zero-order valence-corrected chi connectivity index (χ0v) is 23.0. The lowest BCUT2D eigenvalue weighted by Gasteiger charge is -2.58. The molecule has 6 atom stereocenters. The van der Waals surface area contributed by atoms with Crippen molar-refractivity contribution in [2.24, 2.45) is 34.5 Å². The third-order valence-corrected chi connectivity index (χ3v) is 11.4. The molecule has 0 unspecified atom stereocenters. The van der Waals surface area contributed by atoms with Gasteiger partial charge in [0.15, 0.2) is 17.2 Å². The molecule has 0 radical (unpaired) electrons. The van der Waals surface area contributed by atoms with Gasteiger partial charge in [0.25, 0.3) is 0 Å². The van der Waals surface area contributed by atoms with E-state index in [-0.39, 0.29) is 28.4 Å². The Balaban J connectivity index is 0.000000280. The summed E-state index contributed by atoms with van der Waals surface area (Å²) in [4.78, 5) is 39.3. The first-order valence-electron chi connectivity index (χ1n) is 14.4. The van der Waals surface area contributed by atoms with Crippen molar-refractivity contribution in [1.29, 1.82) is 0 Å². The molecule has 0 aromatic heterocycles. The van der Waals surface area contributed by atoms with Gasteiger partial charge in [0.1, 0.15) is 0 Å². The molecule has 5 nitrogen and oxygen atoms in total. The van der Waals surface area contributed by atoms with Gasteiger partial charge in [-0.2, -0.15) is 0 Å². The fraction of sp³-hybridized carbons (Fsp3) is 0.774. The Kier molecular flexibility index (Phi) is 6.63. The van der Waals surface area contributed by atoms with Crippen molar-refractivity contribution in [2.75, 3.05) is 19.6 Å². The van der Waals surface area contributed by atoms with Crippen LogP contribution in [-0.4, -0.2) is 47.7 Å². The third kappa shape index (κ3) is 3.95. The van der Waals surface area contributed by atoms with Crippen LogP contribution in [0.2, 0.25) is 0 Å². The van der Waals surface area contributed by atoms with E-state index in [4.69, 9.17) is 4.74 Å². The summed E-state index contributed by atoms with van der Waals surface area (Å²) < 4.78 is 5.82. The van der Waals surface area contributed by atoms with E-state index in [2.05, 4.69) is 31.7 Å². The van der Waals surface area contributed by atoms with Gasteiger partial charge in [-0.25, -0.2) is 0 Å². The number of fused-ring (bicyclic) bond motifs is 8. The summed E-state index contributed by atoms with van der Waals surface area (Å²) in [7, 11) is 0. The number of piperidine rings is 3. The number of esters is 1. The van der Waals surface area contributed by atoms with Crippen LogP contribution in [0, 0.1) is 34.5 Å². The third-order valence-electron chi connectivity index (χ3n) is 11.4. The van der Waals surface area contributed by atoms with E-state index in [0.29, 0.717) is 30.6 Å². The van der Waals surface area contributed by atoms with Gasteiger partial charge < -0.3 is 9.64 Å². The molecular formula is C31H45NO4. The molecule has 7 aliphatic rings. The quantitative estimate of drug-likeness (QED) is 0.461. The van der Waals surface area contributed by atoms with Gasteiger partial charge in [0.2, 0.25) is 0 Å². The molecule has 4 aliphatic carbocycles. The summed E-state index contributed by atoms with van der Waals surface area (Å²) in [5, 5.41) is 0. The minimum Gasteiger partial charge on any atom is -0.451 e. The Bertz CT molecular complexity index is 981. The predicted molar refractivity (Wildman–Crippen MR) is 140 cm³/mol. The monoisotopic (exact) mass is 495 g/mol. The molecule has 3 aliphatic heterocycles. The summed E-state index contributed by atoms with van der Waals surface area (Å²) >= 11 is 0. The number of ether oxygens (including phenoxy) is 1. The van der Waals surface area contributed by atoms with E-state index in [1.165, 1.54) is 57.0 Å². The van der Waals surface area contributed by atoms with Crippen molar-refractivity contribution >= 4 is 17.5 Å². The average molecular weight is 496 g/mol. The number of hydrogen-bond donors (Lipinski definition) is 0. The van der Waals surface area contributed by atoms with Gasteiger partial charge in [-0.1, -0.05) is 25.5 Å². The van der Waals surface area contributed by atoms with E-state index in [0.717, 1.165) is 31.6 Å². The Morgan fingerprint density at radius 3 is 2.11 bits per heavy atom. The SMILES string of the molecule is C1CN2CCC1CC2.CC(=O)O[C@]1(C(C)=O)CC[C@H]2[C@@H]3C=C(C)C4=CC(=O)CC[C@]4(C)[C@H]3CC[C@@]21C. The van der Waals surface area contributed by atoms with E-state index < -0.39 is 5.60 Å². The summed E-state index contributed by atoms with van der Waals surface area (Å²) in [6, 6.07) is 0. The summed E-state index contributed by atoms with van der Waals surface area (Å²) in [6.45, 7) is 13.8. The molecule has 0 spiro atoms. The lowest BCUT2D eigenvalue weighted by molar-refractivity contribution is -0.185. The van der Waals surface area contributed by atoms with Crippen LogP contribution >= 0.6 is 0 Å². The van der Waals surface area contributed by atoms with Crippen molar-refractivity contribution in [3.05, 3.63) is 23.3 Å². The Hall–Kier alpha value is -1.75. The van der Waals surface area contributed by atoms with E-state index in [9.17, 15) is 14.4 Å². The summed E-state index contributed by atoms with van der Waals surface area (Å²) in [6.07, 6.45) is 13.7. The summed E-state index contributed by atoms with van der Waals surface area (Å²) in [5.74, 6) is 2.14. The van der Waals surface area contributed by atoms with Crippen molar-refractivity contribution in [3.63, 3.8) is 0 Å². The van der Waals surface area contributed by atoms with Crippen LogP contribution in [0.1, 0.15) is 92.4 Å². The lowest BCUT2D eigenvalue weighted by Crippen LogP contribution is -2.58. The second-order valence-electron chi connectivity index (χ2n) is 13.1. The van der Waals surface area contributed by atoms with Crippen LogP contribution in [0.3, 0.4) is 0 Å². The zero-order valence-electron chi connectivity index (χ0n) is 23.0. The van der Waals surface area contributed by atoms with Crippen LogP contribution in [0.4, 0.5) is 0 Å². The second kappa shape index (κ2) is 9.22. The molecule has 198 valence electrons. The number of allylic oxidation sites excluding steroid dienone is 4. The number of carbonyl (C=O) groups excluding carboxylic acids is 3. The highest BCUT2D eigenvalue weighted by Crippen LogP contribution is 2.67. The number of nitrogens with zero attached hydrogens (tertiary/aromatic N) is 1. The second-order valence-corrected chi connectivity index (χ2v) is 13.1. The normalized spacial score (nSPS) is 44.7. The van der Waals surface area contributed by atoms with Gasteiger partial charge in [-0.05, 0) is 126 Å². The predicted octanol–water partition coefficient (Wildman–Crippen LogP) is 5.68. The largest absolute Gasteiger partial charge is 0.451 e. The first-order valence-corrected chi connectivity index (χ1v) is 14.4. The van der Waals surface area contributed by atoms with Gasteiger partial charge >= 0.3 is 5.97 Å². The van der Waals surface area contributed by atoms with Gasteiger partial charge in [0, 0.05) is 18.8 Å². The Morgan fingerprint density at radius 1 is 0.944 bits per heavy atom. The highest BCUT2D eigenvalue weighted by atomic mass is 16.6. The number of rotatable bonds is 2. The standard InChI is InChI=1S/C24H32O4.C7H13N/c1-14-12-18-19(22(4)9-6-17(27)13-21(14)22)7-10-23(5)20(18)8-11-24(23,15(2)25)28-16(3)26;1-4-8-5-2-7(1)3-6-8/h12-13,18-20H,6-11H2,1-5H3;7H,1-6H2/t18-,19+,20+,22-,23+,24+;/m1./s1. The Labute approximate surface area is 217 Å². The molecule has 2 bridgehead atoms. The molecule has 0 amide bonds. The van der Waals surface area contributed by atoms with E-state index >= 15 is 0 Å². The maximum Gasteiger partial charge on any atom is 0.303 e. The highest BCUT2D eigenvalue weighted by Gasteiger charge is 2.67. The fourth-order valence-electron chi connectivity index (χ4n) is 9.34. The van der Waals surface area contributed by atoms with Crippen molar-refractivity contribution < 1.29 is 19.1 Å². The molecule has 5 heteroatoms. The maximum absolute atomic E-state index is 12.8. The van der Waals surface area contributed by atoms with Crippen molar-refractivity contribution in [1.82, 2.24) is 4.90 Å². The van der Waals surface area contributed by atoms with Gasteiger partial charge in [0.05, 0.1) is 0 Å². The molecule has 3 saturated heterocycles. The van der Waals surface area contributed by atoms with Crippen LogP contribution in [0.15, 0.2) is 23.3 Å². The molecule has 2 saturated carbocycles. The molecule has 5 fully saturated rings. The van der Waals surface area contributed by atoms with Crippen LogP contribution in [0.5, 0.6) is 0 Å². The molecule has 7 rings (SSSR count). The van der Waals surface area contributed by atoms with Crippen molar-refractivity contribution in [2.45, 2.75) is 98.0 Å². The van der Waals surface area contributed by atoms with Crippen LogP contribution in [-0.2, 0) is 19.1 Å². The first-order chi connectivity index (χ1) is 17.0.